The number of rotatable bonds is 3. The number of hydrogen-bond donors (Lipinski definition) is 0. The second-order valence-corrected chi connectivity index (χ2v) is 5.13. The molecule has 0 amide bonds. The van der Waals surface area contributed by atoms with Crippen LogP contribution in [0.4, 0.5) is 13.2 Å². The van der Waals surface area contributed by atoms with Gasteiger partial charge in [0.1, 0.15) is 0 Å². The first-order chi connectivity index (χ1) is 8.50. The molecule has 6 heteroatoms. The Morgan fingerprint density at radius 1 is 1.28 bits per heavy atom. The molecule has 102 valence electrons. The normalized spacial score (nSPS) is 18.2. The van der Waals surface area contributed by atoms with E-state index in [4.69, 9.17) is 11.6 Å². The van der Waals surface area contributed by atoms with Crippen molar-refractivity contribution in [1.29, 1.82) is 0 Å². The SMILES string of the molecule is FC(F)(F)c1nn(CC2CCCCC2)cc1CCl. The molecule has 0 unspecified atom stereocenters. The highest BCUT2D eigenvalue weighted by Crippen LogP contribution is 2.32. The molecule has 1 aliphatic rings. The first kappa shape index (κ1) is 13.7. The predicted octanol–water partition coefficient (Wildman–Crippen LogP) is 4.22. The lowest BCUT2D eigenvalue weighted by Crippen LogP contribution is -2.15. The lowest BCUT2D eigenvalue weighted by atomic mass is 9.89. The van der Waals surface area contributed by atoms with Gasteiger partial charge in [0.2, 0.25) is 0 Å². The summed E-state index contributed by atoms with van der Waals surface area (Å²) >= 11 is 5.54. The summed E-state index contributed by atoms with van der Waals surface area (Å²) in [6.45, 7) is 0.569. The van der Waals surface area contributed by atoms with Gasteiger partial charge in [0.05, 0.1) is 5.88 Å². The maximum Gasteiger partial charge on any atom is 0.435 e. The number of aromatic nitrogens is 2. The van der Waals surface area contributed by atoms with Crippen molar-refractivity contribution in [3.05, 3.63) is 17.5 Å². The number of alkyl halides is 4. The van der Waals surface area contributed by atoms with Crippen LogP contribution >= 0.6 is 11.6 Å². The van der Waals surface area contributed by atoms with Gasteiger partial charge in [-0.15, -0.1) is 11.6 Å². The van der Waals surface area contributed by atoms with E-state index in [0.29, 0.717) is 12.5 Å². The van der Waals surface area contributed by atoms with Crippen molar-refractivity contribution in [2.24, 2.45) is 5.92 Å². The van der Waals surface area contributed by atoms with Crippen molar-refractivity contribution in [3.63, 3.8) is 0 Å². The Bertz CT molecular complexity index is 395. The molecule has 1 aromatic rings. The highest BCUT2D eigenvalue weighted by molar-refractivity contribution is 6.17. The molecule has 0 radical (unpaired) electrons. The van der Waals surface area contributed by atoms with Gasteiger partial charge in [-0.3, -0.25) is 4.68 Å². The monoisotopic (exact) mass is 280 g/mol. The Balaban J connectivity index is 2.11. The maximum atomic E-state index is 12.7. The van der Waals surface area contributed by atoms with Crippen LogP contribution in [0.2, 0.25) is 0 Å². The fourth-order valence-corrected chi connectivity index (χ4v) is 2.72. The van der Waals surface area contributed by atoms with Gasteiger partial charge in [-0.2, -0.15) is 18.3 Å². The van der Waals surface area contributed by atoms with Crippen LogP contribution in [-0.2, 0) is 18.6 Å². The van der Waals surface area contributed by atoms with Gasteiger partial charge in [0.25, 0.3) is 0 Å². The second-order valence-electron chi connectivity index (χ2n) is 4.86. The molecule has 2 rings (SSSR count). The molecular formula is C12H16ClF3N2. The summed E-state index contributed by atoms with van der Waals surface area (Å²) in [7, 11) is 0. The van der Waals surface area contributed by atoms with Crippen molar-refractivity contribution < 1.29 is 13.2 Å². The lowest BCUT2D eigenvalue weighted by Gasteiger charge is -2.21. The van der Waals surface area contributed by atoms with Crippen molar-refractivity contribution in [2.45, 2.75) is 50.7 Å². The van der Waals surface area contributed by atoms with Crippen molar-refractivity contribution in [3.8, 4) is 0 Å². The zero-order chi connectivity index (χ0) is 13.2. The van der Waals surface area contributed by atoms with Gasteiger partial charge in [-0.05, 0) is 18.8 Å². The minimum absolute atomic E-state index is 0.0694. The van der Waals surface area contributed by atoms with Crippen molar-refractivity contribution in [1.82, 2.24) is 9.78 Å². The first-order valence-corrected chi connectivity index (χ1v) is 6.73. The molecule has 1 saturated carbocycles. The van der Waals surface area contributed by atoms with E-state index in [1.54, 1.807) is 0 Å². The van der Waals surface area contributed by atoms with Crippen LogP contribution in [0.3, 0.4) is 0 Å². The lowest BCUT2D eigenvalue weighted by molar-refractivity contribution is -0.142. The average Bonchev–Trinajstić information content (AvgIpc) is 2.73. The van der Waals surface area contributed by atoms with E-state index in [0.717, 1.165) is 12.8 Å². The Labute approximate surface area is 109 Å². The maximum absolute atomic E-state index is 12.7. The third-order valence-electron chi connectivity index (χ3n) is 3.42. The van der Waals surface area contributed by atoms with Crippen LogP contribution in [0, 0.1) is 5.92 Å². The van der Waals surface area contributed by atoms with Gasteiger partial charge in [0.15, 0.2) is 5.69 Å². The smallest absolute Gasteiger partial charge is 0.272 e. The van der Waals surface area contributed by atoms with E-state index in [1.807, 2.05) is 0 Å². The van der Waals surface area contributed by atoms with Crippen LogP contribution in [0.5, 0.6) is 0 Å². The molecule has 0 saturated heterocycles. The molecular weight excluding hydrogens is 265 g/mol. The van der Waals surface area contributed by atoms with E-state index < -0.39 is 11.9 Å². The Kier molecular flexibility index (Phi) is 4.20. The van der Waals surface area contributed by atoms with E-state index >= 15 is 0 Å². The summed E-state index contributed by atoms with van der Waals surface area (Å²) in [5.74, 6) is 0.294. The molecule has 1 fully saturated rings. The van der Waals surface area contributed by atoms with Crippen LogP contribution in [0.25, 0.3) is 0 Å². The summed E-state index contributed by atoms with van der Waals surface area (Å²) < 4.78 is 39.5. The second kappa shape index (κ2) is 5.51. The van der Waals surface area contributed by atoms with Gasteiger partial charge >= 0.3 is 6.18 Å². The topological polar surface area (TPSA) is 17.8 Å². The first-order valence-electron chi connectivity index (χ1n) is 6.20. The minimum atomic E-state index is -4.41. The van der Waals surface area contributed by atoms with Gasteiger partial charge < -0.3 is 0 Å². The molecule has 1 aliphatic carbocycles. The number of hydrogen-bond acceptors (Lipinski definition) is 1. The summed E-state index contributed by atoms with van der Waals surface area (Å²) in [6, 6.07) is 0. The van der Waals surface area contributed by atoms with Crippen LogP contribution in [0.1, 0.15) is 43.4 Å². The van der Waals surface area contributed by atoms with E-state index in [2.05, 4.69) is 5.10 Å². The van der Waals surface area contributed by atoms with Gasteiger partial charge in [0, 0.05) is 18.3 Å². The number of halogens is 4. The summed E-state index contributed by atoms with van der Waals surface area (Å²) in [5, 5.41) is 3.65. The summed E-state index contributed by atoms with van der Waals surface area (Å²) in [4.78, 5) is 0. The number of nitrogens with zero attached hydrogens (tertiary/aromatic N) is 2. The molecule has 2 nitrogen and oxygen atoms in total. The zero-order valence-electron chi connectivity index (χ0n) is 10.0. The highest BCUT2D eigenvalue weighted by Gasteiger charge is 2.37. The zero-order valence-corrected chi connectivity index (χ0v) is 10.8. The Hall–Kier alpha value is -0.710. The van der Waals surface area contributed by atoms with Gasteiger partial charge in [-0.25, -0.2) is 0 Å². The summed E-state index contributed by atoms with van der Waals surface area (Å²) in [5.41, 5.74) is -0.770. The molecule has 18 heavy (non-hydrogen) atoms. The third kappa shape index (κ3) is 3.19. The molecule has 0 aromatic carbocycles. The average molecular weight is 281 g/mol. The van der Waals surface area contributed by atoms with Gasteiger partial charge in [-0.1, -0.05) is 19.3 Å². The Morgan fingerprint density at radius 2 is 1.94 bits per heavy atom. The fourth-order valence-electron chi connectivity index (χ4n) is 2.53. The molecule has 1 aromatic heterocycles. The van der Waals surface area contributed by atoms with Crippen molar-refractivity contribution in [2.75, 3.05) is 0 Å². The Morgan fingerprint density at radius 3 is 2.44 bits per heavy atom. The largest absolute Gasteiger partial charge is 0.435 e. The molecule has 0 spiro atoms. The summed E-state index contributed by atoms with van der Waals surface area (Å²) in [6.07, 6.45) is 2.75. The predicted molar refractivity (Wildman–Crippen MR) is 63.4 cm³/mol. The van der Waals surface area contributed by atoms with Crippen LogP contribution in [0.15, 0.2) is 6.20 Å². The van der Waals surface area contributed by atoms with E-state index in [9.17, 15) is 13.2 Å². The molecule has 0 bridgehead atoms. The van der Waals surface area contributed by atoms with Crippen LogP contribution in [-0.4, -0.2) is 9.78 Å². The molecule has 0 aliphatic heterocycles. The molecule has 0 N–H and O–H groups in total. The van der Waals surface area contributed by atoms with Crippen LogP contribution < -0.4 is 0 Å². The fraction of sp³-hybridized carbons (Fsp3) is 0.750. The minimum Gasteiger partial charge on any atom is -0.272 e. The van der Waals surface area contributed by atoms with E-state index in [-0.39, 0.29) is 11.4 Å². The molecule has 1 heterocycles. The highest BCUT2D eigenvalue weighted by atomic mass is 35.5. The third-order valence-corrected chi connectivity index (χ3v) is 3.71. The van der Waals surface area contributed by atoms with E-state index in [1.165, 1.54) is 30.1 Å². The van der Waals surface area contributed by atoms with Crippen molar-refractivity contribution >= 4 is 11.6 Å². The standard InChI is InChI=1S/C12H16ClF3N2/c13-6-10-8-18(17-11(10)12(14,15)16)7-9-4-2-1-3-5-9/h8-9H,1-7H2. The molecule has 0 atom stereocenters. The quantitative estimate of drug-likeness (QED) is 0.758.